The molecule has 0 bridgehead atoms. The Morgan fingerprint density at radius 3 is 2.31 bits per heavy atom. The van der Waals surface area contributed by atoms with E-state index in [1.54, 1.807) is 11.9 Å². The number of rotatable bonds is 3. The molecular weight excluding hydrogens is 166 g/mol. The molecule has 0 unspecified atom stereocenters. The van der Waals surface area contributed by atoms with E-state index < -0.39 is 0 Å². The highest BCUT2D eigenvalue weighted by atomic mass is 16.6. The summed E-state index contributed by atoms with van der Waals surface area (Å²) in [6, 6.07) is 0. The molecule has 0 fully saturated rings. The Balaban J connectivity index is 3.84. The van der Waals surface area contributed by atoms with Gasteiger partial charge in [-0.3, -0.25) is 0 Å². The molecule has 0 saturated heterocycles. The van der Waals surface area contributed by atoms with Crippen LogP contribution in [-0.2, 0) is 4.74 Å². The lowest BCUT2D eigenvalue weighted by Crippen LogP contribution is -2.42. The van der Waals surface area contributed by atoms with Crippen molar-refractivity contribution in [3.8, 4) is 0 Å². The van der Waals surface area contributed by atoms with Gasteiger partial charge in [0.15, 0.2) is 0 Å². The molecule has 3 nitrogen and oxygen atoms in total. The van der Waals surface area contributed by atoms with Crippen molar-refractivity contribution in [1.82, 2.24) is 4.90 Å². The zero-order valence-corrected chi connectivity index (χ0v) is 9.39. The van der Waals surface area contributed by atoms with E-state index >= 15 is 0 Å². The van der Waals surface area contributed by atoms with Crippen LogP contribution >= 0.6 is 0 Å². The van der Waals surface area contributed by atoms with Crippen molar-refractivity contribution >= 4 is 6.09 Å². The van der Waals surface area contributed by atoms with Crippen molar-refractivity contribution < 1.29 is 9.53 Å². The third-order valence-electron chi connectivity index (χ3n) is 2.00. The van der Waals surface area contributed by atoms with Gasteiger partial charge in [0.25, 0.3) is 0 Å². The molecule has 0 radical (unpaired) electrons. The van der Waals surface area contributed by atoms with Gasteiger partial charge in [0, 0.05) is 12.6 Å². The summed E-state index contributed by atoms with van der Waals surface area (Å²) in [7, 11) is 1.76. The van der Waals surface area contributed by atoms with Gasteiger partial charge in [0.2, 0.25) is 0 Å². The largest absolute Gasteiger partial charge is 0.449 e. The molecule has 3 heteroatoms. The fraction of sp³-hybridized carbons (Fsp3) is 0.900. The minimum absolute atomic E-state index is 0.163. The molecule has 0 aromatic rings. The summed E-state index contributed by atoms with van der Waals surface area (Å²) >= 11 is 0. The predicted octanol–water partition coefficient (Wildman–Crippen LogP) is 2.65. The predicted molar refractivity (Wildman–Crippen MR) is 53.8 cm³/mol. The van der Waals surface area contributed by atoms with Crippen molar-refractivity contribution in [1.29, 1.82) is 0 Å². The molecule has 1 amide bonds. The molecule has 0 aliphatic carbocycles. The van der Waals surface area contributed by atoms with E-state index in [9.17, 15) is 4.79 Å². The number of carbonyl (C=O) groups is 1. The van der Waals surface area contributed by atoms with Crippen LogP contribution in [0.25, 0.3) is 0 Å². The minimum atomic E-state index is -0.235. The second-order valence-electron chi connectivity index (χ2n) is 4.20. The Labute approximate surface area is 81.1 Å². The van der Waals surface area contributed by atoms with E-state index in [4.69, 9.17) is 4.74 Å². The molecule has 0 N–H and O–H groups in total. The maximum atomic E-state index is 11.4. The third kappa shape index (κ3) is 4.76. The average molecular weight is 187 g/mol. The van der Waals surface area contributed by atoms with Crippen LogP contribution in [0.5, 0.6) is 0 Å². The number of hydrogen-bond donors (Lipinski definition) is 0. The van der Waals surface area contributed by atoms with Gasteiger partial charge in [-0.1, -0.05) is 13.3 Å². The highest BCUT2D eigenvalue weighted by molar-refractivity contribution is 5.68. The van der Waals surface area contributed by atoms with E-state index in [0.717, 1.165) is 12.8 Å². The second kappa shape index (κ2) is 5.10. The molecule has 0 heterocycles. The van der Waals surface area contributed by atoms with Gasteiger partial charge in [-0.05, 0) is 27.2 Å². The Morgan fingerprint density at radius 1 is 1.38 bits per heavy atom. The topological polar surface area (TPSA) is 29.5 Å². The molecule has 0 aliphatic rings. The Morgan fingerprint density at radius 2 is 1.92 bits per heavy atom. The molecule has 0 aliphatic heterocycles. The number of carbonyl (C=O) groups excluding carboxylic acids is 1. The van der Waals surface area contributed by atoms with Crippen molar-refractivity contribution in [3.63, 3.8) is 0 Å². The Kier molecular flexibility index (Phi) is 4.81. The lowest BCUT2D eigenvalue weighted by Gasteiger charge is -2.30. The highest BCUT2D eigenvalue weighted by Crippen LogP contribution is 2.11. The van der Waals surface area contributed by atoms with Crippen LogP contribution in [0.3, 0.4) is 0 Å². The summed E-state index contributed by atoms with van der Waals surface area (Å²) in [5.74, 6) is 0. The molecule has 0 aromatic heterocycles. The first-order chi connectivity index (χ1) is 5.89. The van der Waals surface area contributed by atoms with Gasteiger partial charge in [0.1, 0.15) is 0 Å². The monoisotopic (exact) mass is 187 g/mol. The minimum Gasteiger partial charge on any atom is -0.449 e. The van der Waals surface area contributed by atoms with Crippen LogP contribution in [0, 0.1) is 0 Å². The van der Waals surface area contributed by atoms with E-state index in [0.29, 0.717) is 6.61 Å². The summed E-state index contributed by atoms with van der Waals surface area (Å²) in [4.78, 5) is 13.0. The Hall–Kier alpha value is -0.730. The average Bonchev–Trinajstić information content (AvgIpc) is 2.01. The Bertz CT molecular complexity index is 161. The van der Waals surface area contributed by atoms with Crippen LogP contribution in [0.15, 0.2) is 0 Å². The smallest absolute Gasteiger partial charge is 0.409 e. The molecule has 0 rings (SSSR count). The van der Waals surface area contributed by atoms with Gasteiger partial charge in [-0.15, -0.1) is 0 Å². The first kappa shape index (κ1) is 12.3. The lowest BCUT2D eigenvalue weighted by molar-refractivity contribution is 0.0803. The van der Waals surface area contributed by atoms with E-state index in [1.807, 2.05) is 20.8 Å². The maximum absolute atomic E-state index is 11.4. The molecule has 0 saturated carbocycles. The van der Waals surface area contributed by atoms with Gasteiger partial charge in [-0.25, -0.2) is 4.79 Å². The molecular formula is C10H21NO2. The van der Waals surface area contributed by atoms with Crippen LogP contribution in [0.4, 0.5) is 4.79 Å². The fourth-order valence-electron chi connectivity index (χ4n) is 0.675. The fourth-order valence-corrected chi connectivity index (χ4v) is 0.675. The van der Waals surface area contributed by atoms with Crippen LogP contribution in [0.2, 0.25) is 0 Å². The number of nitrogens with zero attached hydrogens (tertiary/aromatic N) is 1. The van der Waals surface area contributed by atoms with Gasteiger partial charge >= 0.3 is 6.09 Å². The maximum Gasteiger partial charge on any atom is 0.409 e. The van der Waals surface area contributed by atoms with Crippen LogP contribution < -0.4 is 0 Å². The van der Waals surface area contributed by atoms with Crippen LogP contribution in [0.1, 0.15) is 40.5 Å². The highest BCUT2D eigenvalue weighted by Gasteiger charge is 2.22. The van der Waals surface area contributed by atoms with E-state index in [2.05, 4.69) is 6.92 Å². The molecule has 13 heavy (non-hydrogen) atoms. The first-order valence-electron chi connectivity index (χ1n) is 4.80. The molecule has 0 spiro atoms. The quantitative estimate of drug-likeness (QED) is 0.636. The first-order valence-corrected chi connectivity index (χ1v) is 4.80. The van der Waals surface area contributed by atoms with Crippen molar-refractivity contribution in [3.05, 3.63) is 0 Å². The summed E-state index contributed by atoms with van der Waals surface area (Å²) in [5.41, 5.74) is -0.163. The molecule has 0 aromatic carbocycles. The molecule has 78 valence electrons. The summed E-state index contributed by atoms with van der Waals surface area (Å²) in [5, 5.41) is 0. The normalized spacial score (nSPS) is 11.2. The summed E-state index contributed by atoms with van der Waals surface area (Å²) in [6.07, 6.45) is 1.75. The van der Waals surface area contributed by atoms with Crippen LogP contribution in [-0.4, -0.2) is 30.2 Å². The summed E-state index contributed by atoms with van der Waals surface area (Å²) < 4.78 is 5.06. The van der Waals surface area contributed by atoms with Gasteiger partial charge in [-0.2, -0.15) is 0 Å². The number of hydrogen-bond acceptors (Lipinski definition) is 2. The molecule has 0 atom stereocenters. The number of ether oxygens (including phenoxy) is 1. The number of amides is 1. The lowest BCUT2D eigenvalue weighted by atomic mass is 10.1. The standard InChI is InChI=1S/C10H21NO2/c1-6-7-8-13-9(12)11(5)10(2,3)4/h6-8H2,1-5H3. The van der Waals surface area contributed by atoms with Crippen molar-refractivity contribution in [2.24, 2.45) is 0 Å². The SMILES string of the molecule is CCCCOC(=O)N(C)C(C)(C)C. The van der Waals surface area contributed by atoms with Crippen molar-refractivity contribution in [2.45, 2.75) is 46.1 Å². The van der Waals surface area contributed by atoms with Gasteiger partial charge in [0.05, 0.1) is 6.61 Å². The zero-order chi connectivity index (χ0) is 10.5. The zero-order valence-electron chi connectivity index (χ0n) is 9.39. The van der Waals surface area contributed by atoms with Crippen molar-refractivity contribution in [2.75, 3.05) is 13.7 Å². The third-order valence-corrected chi connectivity index (χ3v) is 2.00. The van der Waals surface area contributed by atoms with E-state index in [-0.39, 0.29) is 11.6 Å². The van der Waals surface area contributed by atoms with E-state index in [1.165, 1.54) is 0 Å². The second-order valence-corrected chi connectivity index (χ2v) is 4.20. The van der Waals surface area contributed by atoms with Gasteiger partial charge < -0.3 is 9.64 Å². The number of unbranched alkanes of at least 4 members (excludes halogenated alkanes) is 1. The summed E-state index contributed by atoms with van der Waals surface area (Å²) in [6.45, 7) is 8.54.